The van der Waals surface area contributed by atoms with Crippen LogP contribution >= 0.6 is 0 Å². The number of carbonyl (C=O) groups excluding carboxylic acids is 1. The molecule has 0 spiro atoms. The number of ketones is 1. The van der Waals surface area contributed by atoms with Crippen LogP contribution in [0.5, 0.6) is 0 Å². The quantitative estimate of drug-likeness (QED) is 0.489. The van der Waals surface area contributed by atoms with Gasteiger partial charge in [-0.3, -0.25) is 4.79 Å². The number of hydrogen-bond donors (Lipinski definition) is 0. The lowest BCUT2D eigenvalue weighted by atomic mass is 10.0. The molecule has 2 heteroatoms. The van der Waals surface area contributed by atoms with Gasteiger partial charge in [-0.05, 0) is 20.8 Å². The van der Waals surface area contributed by atoms with Crippen molar-refractivity contribution in [1.29, 1.82) is 0 Å². The lowest BCUT2D eigenvalue weighted by molar-refractivity contribution is -0.129. The number of Topliss-reactive ketones (excluding diaryl/α,β-unsaturated/α-hetero) is 1. The summed E-state index contributed by atoms with van der Waals surface area (Å²) in [4.78, 5) is 11.0. The van der Waals surface area contributed by atoms with E-state index in [0.29, 0.717) is 6.42 Å². The molecule has 1 heterocycles. The minimum Gasteiger partial charge on any atom is -0.364 e. The van der Waals surface area contributed by atoms with Gasteiger partial charge in [0.25, 0.3) is 0 Å². The third kappa shape index (κ3) is 1.13. The summed E-state index contributed by atoms with van der Waals surface area (Å²) >= 11 is 0. The SMILES string of the molecule is CC1CC(=O)C(C)(C)O1. The second-order valence-corrected chi connectivity index (χ2v) is 3.07. The Kier molecular flexibility index (Phi) is 1.35. The van der Waals surface area contributed by atoms with Gasteiger partial charge < -0.3 is 4.74 Å². The van der Waals surface area contributed by atoms with Gasteiger partial charge in [0.1, 0.15) is 5.60 Å². The fourth-order valence-electron chi connectivity index (χ4n) is 1.12. The average Bonchev–Trinajstić information content (AvgIpc) is 1.79. The molecule has 0 amide bonds. The maximum absolute atomic E-state index is 11.0. The van der Waals surface area contributed by atoms with Crippen molar-refractivity contribution in [2.45, 2.75) is 38.9 Å². The van der Waals surface area contributed by atoms with Crippen LogP contribution in [0.25, 0.3) is 0 Å². The molecule has 0 aliphatic carbocycles. The molecule has 0 aromatic carbocycles. The largest absolute Gasteiger partial charge is 0.364 e. The van der Waals surface area contributed by atoms with E-state index < -0.39 is 5.60 Å². The number of hydrogen-bond acceptors (Lipinski definition) is 2. The average molecular weight is 128 g/mol. The van der Waals surface area contributed by atoms with Crippen LogP contribution in [0, 0.1) is 0 Å². The molecule has 2 nitrogen and oxygen atoms in total. The number of carbonyl (C=O) groups is 1. The Balaban J connectivity index is 2.70. The van der Waals surface area contributed by atoms with E-state index in [1.807, 2.05) is 20.8 Å². The van der Waals surface area contributed by atoms with Crippen LogP contribution in [0.1, 0.15) is 27.2 Å². The van der Waals surface area contributed by atoms with E-state index in [0.717, 1.165) is 0 Å². The van der Waals surface area contributed by atoms with Crippen LogP contribution in [-0.4, -0.2) is 17.5 Å². The van der Waals surface area contributed by atoms with Crippen molar-refractivity contribution in [3.63, 3.8) is 0 Å². The minimum absolute atomic E-state index is 0.118. The highest BCUT2D eigenvalue weighted by Gasteiger charge is 2.37. The monoisotopic (exact) mass is 128 g/mol. The molecule has 1 saturated heterocycles. The third-order valence-corrected chi connectivity index (χ3v) is 1.64. The lowest BCUT2D eigenvalue weighted by Gasteiger charge is -2.14. The van der Waals surface area contributed by atoms with Gasteiger partial charge >= 0.3 is 0 Å². The van der Waals surface area contributed by atoms with Crippen molar-refractivity contribution in [3.05, 3.63) is 0 Å². The zero-order valence-electron chi connectivity index (χ0n) is 6.10. The lowest BCUT2D eigenvalue weighted by Crippen LogP contribution is -2.27. The minimum atomic E-state index is -0.514. The van der Waals surface area contributed by atoms with Gasteiger partial charge in [0, 0.05) is 6.42 Å². The molecule has 1 aliphatic rings. The highest BCUT2D eigenvalue weighted by atomic mass is 16.5. The van der Waals surface area contributed by atoms with Crippen LogP contribution in [0.4, 0.5) is 0 Å². The Labute approximate surface area is 55.2 Å². The maximum atomic E-state index is 11.0. The number of rotatable bonds is 0. The van der Waals surface area contributed by atoms with Gasteiger partial charge in [-0.2, -0.15) is 0 Å². The van der Waals surface area contributed by atoms with E-state index in [-0.39, 0.29) is 11.9 Å². The highest BCUT2D eigenvalue weighted by molar-refractivity contribution is 5.88. The first-order valence-corrected chi connectivity index (χ1v) is 3.23. The predicted octanol–water partition coefficient (Wildman–Crippen LogP) is 1.14. The zero-order valence-corrected chi connectivity index (χ0v) is 6.10. The molecule has 1 rings (SSSR count). The summed E-state index contributed by atoms with van der Waals surface area (Å²) in [5.41, 5.74) is -0.514. The van der Waals surface area contributed by atoms with Crippen LogP contribution in [0.3, 0.4) is 0 Å². The smallest absolute Gasteiger partial charge is 0.166 e. The van der Waals surface area contributed by atoms with Crippen molar-refractivity contribution < 1.29 is 9.53 Å². The molecule has 0 radical (unpaired) electrons. The second kappa shape index (κ2) is 1.81. The van der Waals surface area contributed by atoms with E-state index in [4.69, 9.17) is 4.74 Å². The van der Waals surface area contributed by atoms with Gasteiger partial charge in [0.15, 0.2) is 5.78 Å². The van der Waals surface area contributed by atoms with Crippen molar-refractivity contribution in [2.75, 3.05) is 0 Å². The molecule has 0 saturated carbocycles. The van der Waals surface area contributed by atoms with Crippen LogP contribution in [-0.2, 0) is 9.53 Å². The summed E-state index contributed by atoms with van der Waals surface area (Å²) in [5.74, 6) is 0.218. The summed E-state index contributed by atoms with van der Waals surface area (Å²) in [7, 11) is 0. The molecular weight excluding hydrogens is 116 g/mol. The zero-order chi connectivity index (χ0) is 7.07. The Morgan fingerprint density at radius 2 is 2.22 bits per heavy atom. The number of ether oxygens (including phenoxy) is 1. The van der Waals surface area contributed by atoms with E-state index >= 15 is 0 Å². The molecule has 1 aliphatic heterocycles. The summed E-state index contributed by atoms with van der Waals surface area (Å²) in [5, 5.41) is 0. The van der Waals surface area contributed by atoms with E-state index in [9.17, 15) is 4.79 Å². The molecule has 0 bridgehead atoms. The molecule has 1 atom stereocenters. The second-order valence-electron chi connectivity index (χ2n) is 3.07. The molecule has 52 valence electrons. The van der Waals surface area contributed by atoms with Crippen molar-refractivity contribution in [3.8, 4) is 0 Å². The normalized spacial score (nSPS) is 33.2. The van der Waals surface area contributed by atoms with Gasteiger partial charge in [-0.15, -0.1) is 0 Å². The van der Waals surface area contributed by atoms with Gasteiger partial charge in [0.05, 0.1) is 6.10 Å². The van der Waals surface area contributed by atoms with E-state index in [2.05, 4.69) is 0 Å². The summed E-state index contributed by atoms with van der Waals surface area (Å²) in [6, 6.07) is 0. The van der Waals surface area contributed by atoms with E-state index in [1.54, 1.807) is 0 Å². The molecule has 0 aromatic heterocycles. The first-order valence-electron chi connectivity index (χ1n) is 3.23. The Bertz CT molecular complexity index is 138. The highest BCUT2D eigenvalue weighted by Crippen LogP contribution is 2.25. The van der Waals surface area contributed by atoms with Gasteiger partial charge in [0.2, 0.25) is 0 Å². The first kappa shape index (κ1) is 6.75. The molecule has 0 N–H and O–H groups in total. The van der Waals surface area contributed by atoms with E-state index in [1.165, 1.54) is 0 Å². The van der Waals surface area contributed by atoms with Gasteiger partial charge in [-0.1, -0.05) is 0 Å². The van der Waals surface area contributed by atoms with Crippen molar-refractivity contribution in [1.82, 2.24) is 0 Å². The molecule has 0 aromatic rings. The summed E-state index contributed by atoms with van der Waals surface area (Å²) < 4.78 is 5.31. The molecule has 1 unspecified atom stereocenters. The Morgan fingerprint density at radius 1 is 1.67 bits per heavy atom. The Morgan fingerprint density at radius 3 is 2.33 bits per heavy atom. The third-order valence-electron chi connectivity index (χ3n) is 1.64. The first-order chi connectivity index (χ1) is 4.02. The van der Waals surface area contributed by atoms with Crippen molar-refractivity contribution >= 4 is 5.78 Å². The van der Waals surface area contributed by atoms with Gasteiger partial charge in [-0.25, -0.2) is 0 Å². The maximum Gasteiger partial charge on any atom is 0.166 e. The fourth-order valence-corrected chi connectivity index (χ4v) is 1.12. The molecule has 1 fully saturated rings. The predicted molar refractivity (Wildman–Crippen MR) is 34.2 cm³/mol. The summed E-state index contributed by atoms with van der Waals surface area (Å²) in [6.45, 7) is 5.56. The summed E-state index contributed by atoms with van der Waals surface area (Å²) in [6.07, 6.45) is 0.694. The van der Waals surface area contributed by atoms with Crippen molar-refractivity contribution in [2.24, 2.45) is 0 Å². The fraction of sp³-hybridized carbons (Fsp3) is 0.857. The topological polar surface area (TPSA) is 26.3 Å². The Hall–Kier alpha value is -0.370. The van der Waals surface area contributed by atoms with Crippen LogP contribution in [0.2, 0.25) is 0 Å². The van der Waals surface area contributed by atoms with Crippen LogP contribution in [0.15, 0.2) is 0 Å². The molecular formula is C7H12O2. The molecule has 9 heavy (non-hydrogen) atoms. The standard InChI is InChI=1S/C7H12O2/c1-5-4-6(8)7(2,3)9-5/h5H,4H2,1-3H3. The van der Waals surface area contributed by atoms with Crippen LogP contribution < -0.4 is 0 Å².